The predicted octanol–water partition coefficient (Wildman–Crippen LogP) is -1.21. The van der Waals surface area contributed by atoms with Gasteiger partial charge in [0.25, 0.3) is 5.91 Å². The van der Waals surface area contributed by atoms with Crippen LogP contribution in [-0.2, 0) is 4.74 Å². The highest BCUT2D eigenvalue weighted by molar-refractivity contribution is 5.22. The number of nitrogens with two attached hydrogens (primary N) is 1. The number of hydrogen-bond acceptors (Lipinski definition) is 6. The van der Waals surface area contributed by atoms with Crippen molar-refractivity contribution in [2.75, 3.05) is 6.61 Å². The zero-order chi connectivity index (χ0) is 12.5. The SMILES string of the molecule is N[C@@]1(Oc2ccccc2)O[C@H](CO)[C@@H](O)[C@H]1O. The molecule has 6 heteroatoms. The van der Waals surface area contributed by atoms with E-state index in [1.54, 1.807) is 30.3 Å². The molecule has 1 aliphatic rings. The van der Waals surface area contributed by atoms with Crippen LogP contribution in [-0.4, -0.2) is 46.1 Å². The van der Waals surface area contributed by atoms with Crippen molar-refractivity contribution in [1.82, 2.24) is 0 Å². The first kappa shape index (κ1) is 12.3. The Kier molecular flexibility index (Phi) is 3.32. The second-order valence-corrected chi connectivity index (χ2v) is 3.91. The third-order valence-electron chi connectivity index (χ3n) is 2.65. The first-order valence-electron chi connectivity index (χ1n) is 5.24. The molecule has 0 radical (unpaired) electrons. The zero-order valence-electron chi connectivity index (χ0n) is 9.06. The molecule has 0 spiro atoms. The molecule has 4 atom stereocenters. The Morgan fingerprint density at radius 1 is 1.29 bits per heavy atom. The fraction of sp³-hybridized carbons (Fsp3) is 0.455. The molecular formula is C11H15NO5. The Bertz CT molecular complexity index is 373. The van der Waals surface area contributed by atoms with Crippen LogP contribution in [0.4, 0.5) is 0 Å². The van der Waals surface area contributed by atoms with Crippen molar-refractivity contribution in [2.24, 2.45) is 5.73 Å². The lowest BCUT2D eigenvalue weighted by Crippen LogP contribution is -2.55. The predicted molar refractivity (Wildman–Crippen MR) is 58.0 cm³/mol. The molecule has 0 bridgehead atoms. The topological polar surface area (TPSA) is 105 Å². The van der Waals surface area contributed by atoms with Crippen molar-refractivity contribution in [3.63, 3.8) is 0 Å². The number of ether oxygens (including phenoxy) is 2. The highest BCUT2D eigenvalue weighted by Gasteiger charge is 2.54. The lowest BCUT2D eigenvalue weighted by Gasteiger charge is -2.27. The first-order chi connectivity index (χ1) is 8.07. The number of rotatable bonds is 3. The van der Waals surface area contributed by atoms with Crippen molar-refractivity contribution in [3.8, 4) is 5.75 Å². The molecule has 1 aromatic carbocycles. The van der Waals surface area contributed by atoms with Crippen molar-refractivity contribution >= 4 is 0 Å². The van der Waals surface area contributed by atoms with Gasteiger partial charge in [-0.3, -0.25) is 5.73 Å². The monoisotopic (exact) mass is 241 g/mol. The maximum atomic E-state index is 9.74. The number of hydrogen-bond donors (Lipinski definition) is 4. The average Bonchev–Trinajstić information content (AvgIpc) is 2.55. The van der Waals surface area contributed by atoms with Crippen LogP contribution in [0, 0.1) is 0 Å². The van der Waals surface area contributed by atoms with Crippen LogP contribution in [0.5, 0.6) is 5.75 Å². The smallest absolute Gasteiger partial charge is 0.298 e. The molecule has 1 saturated heterocycles. The minimum absolute atomic E-state index is 0.403. The summed E-state index contributed by atoms with van der Waals surface area (Å²) in [7, 11) is 0. The highest BCUT2D eigenvalue weighted by Crippen LogP contribution is 2.29. The zero-order valence-corrected chi connectivity index (χ0v) is 9.06. The molecule has 2 rings (SSSR count). The molecule has 0 aromatic heterocycles. The highest BCUT2D eigenvalue weighted by atomic mass is 16.7. The molecule has 0 aliphatic carbocycles. The Morgan fingerprint density at radius 2 is 1.94 bits per heavy atom. The maximum absolute atomic E-state index is 9.74. The molecule has 1 aromatic rings. The van der Waals surface area contributed by atoms with Crippen molar-refractivity contribution in [2.45, 2.75) is 24.2 Å². The summed E-state index contributed by atoms with van der Waals surface area (Å²) in [5.74, 6) is -1.45. The van der Waals surface area contributed by atoms with Gasteiger partial charge in [-0.05, 0) is 12.1 Å². The largest absolute Gasteiger partial charge is 0.447 e. The Labute approximate surface area is 98.2 Å². The van der Waals surface area contributed by atoms with E-state index < -0.39 is 30.8 Å². The Hall–Kier alpha value is -1.18. The third-order valence-corrected chi connectivity index (χ3v) is 2.65. The van der Waals surface area contributed by atoms with Crippen LogP contribution in [0.1, 0.15) is 0 Å². The summed E-state index contributed by atoms with van der Waals surface area (Å²) < 4.78 is 10.4. The van der Waals surface area contributed by atoms with Crippen LogP contribution in [0.2, 0.25) is 0 Å². The fourth-order valence-electron chi connectivity index (χ4n) is 1.72. The summed E-state index contributed by atoms with van der Waals surface area (Å²) in [6, 6.07) is 8.56. The van der Waals surface area contributed by atoms with Gasteiger partial charge in [0.2, 0.25) is 0 Å². The van der Waals surface area contributed by atoms with Gasteiger partial charge in [0.1, 0.15) is 18.0 Å². The van der Waals surface area contributed by atoms with Crippen LogP contribution >= 0.6 is 0 Å². The van der Waals surface area contributed by atoms with Crippen molar-refractivity contribution < 1.29 is 24.8 Å². The summed E-state index contributed by atoms with van der Waals surface area (Å²) in [6.07, 6.45) is -3.67. The van der Waals surface area contributed by atoms with Crippen LogP contribution < -0.4 is 10.5 Å². The van der Waals surface area contributed by atoms with E-state index in [9.17, 15) is 10.2 Å². The van der Waals surface area contributed by atoms with Gasteiger partial charge in [0.05, 0.1) is 6.61 Å². The molecule has 1 aliphatic heterocycles. The van der Waals surface area contributed by atoms with Gasteiger partial charge in [0, 0.05) is 0 Å². The molecule has 1 fully saturated rings. The summed E-state index contributed by atoms with van der Waals surface area (Å²) in [4.78, 5) is 0. The quantitative estimate of drug-likeness (QED) is 0.495. The van der Waals surface area contributed by atoms with Gasteiger partial charge in [-0.2, -0.15) is 0 Å². The van der Waals surface area contributed by atoms with E-state index in [-0.39, 0.29) is 0 Å². The van der Waals surface area contributed by atoms with Crippen molar-refractivity contribution in [3.05, 3.63) is 30.3 Å². The molecule has 1 heterocycles. The maximum Gasteiger partial charge on any atom is 0.298 e. The standard InChI is InChI=1S/C11H15NO5/c12-11(16-7-4-2-1-3-5-7)10(15)9(14)8(6-13)17-11/h1-5,8-10,13-15H,6,12H2/t8-,9-,10-,11+/m1/s1. The molecule has 94 valence electrons. The van der Waals surface area contributed by atoms with Crippen LogP contribution in [0.3, 0.4) is 0 Å². The normalized spacial score (nSPS) is 37.1. The van der Waals surface area contributed by atoms with Gasteiger partial charge in [-0.1, -0.05) is 18.2 Å². The lowest BCUT2D eigenvalue weighted by atomic mass is 10.1. The molecular weight excluding hydrogens is 226 g/mol. The number of aliphatic hydroxyl groups is 3. The molecule has 0 saturated carbocycles. The molecule has 0 amide bonds. The fourth-order valence-corrected chi connectivity index (χ4v) is 1.72. The lowest BCUT2D eigenvalue weighted by molar-refractivity contribution is -0.208. The second-order valence-electron chi connectivity index (χ2n) is 3.91. The van der Waals surface area contributed by atoms with Gasteiger partial charge in [0.15, 0.2) is 6.10 Å². The van der Waals surface area contributed by atoms with Gasteiger partial charge >= 0.3 is 0 Å². The van der Waals surface area contributed by atoms with Gasteiger partial charge in [-0.15, -0.1) is 0 Å². The molecule has 0 unspecified atom stereocenters. The number of aliphatic hydroxyl groups excluding tert-OH is 3. The van der Waals surface area contributed by atoms with Crippen LogP contribution in [0.25, 0.3) is 0 Å². The van der Waals surface area contributed by atoms with E-state index in [4.69, 9.17) is 20.3 Å². The third kappa shape index (κ3) is 2.26. The van der Waals surface area contributed by atoms with Gasteiger partial charge < -0.3 is 24.8 Å². The number of para-hydroxylation sites is 1. The summed E-state index contributed by atoms with van der Waals surface area (Å²) >= 11 is 0. The molecule has 5 N–H and O–H groups in total. The van der Waals surface area contributed by atoms with Gasteiger partial charge in [-0.25, -0.2) is 0 Å². The Balaban J connectivity index is 2.15. The van der Waals surface area contributed by atoms with Crippen molar-refractivity contribution in [1.29, 1.82) is 0 Å². The number of benzene rings is 1. The molecule has 17 heavy (non-hydrogen) atoms. The molecule has 6 nitrogen and oxygen atoms in total. The van der Waals surface area contributed by atoms with Crippen LogP contribution in [0.15, 0.2) is 30.3 Å². The minimum atomic E-state index is -1.85. The summed E-state index contributed by atoms with van der Waals surface area (Å²) in [5.41, 5.74) is 5.73. The van der Waals surface area contributed by atoms with E-state index in [1.165, 1.54) is 0 Å². The first-order valence-corrected chi connectivity index (χ1v) is 5.24. The Morgan fingerprint density at radius 3 is 2.47 bits per heavy atom. The average molecular weight is 241 g/mol. The van der Waals surface area contributed by atoms with E-state index in [1.807, 2.05) is 0 Å². The summed E-state index contributed by atoms with van der Waals surface area (Å²) in [6.45, 7) is -0.449. The summed E-state index contributed by atoms with van der Waals surface area (Å²) in [5, 5.41) is 28.3. The van der Waals surface area contributed by atoms with E-state index in [2.05, 4.69) is 0 Å². The second kappa shape index (κ2) is 4.59. The van der Waals surface area contributed by atoms with E-state index in [0.29, 0.717) is 5.75 Å². The minimum Gasteiger partial charge on any atom is -0.447 e. The van der Waals surface area contributed by atoms with E-state index in [0.717, 1.165) is 0 Å². The van der Waals surface area contributed by atoms with E-state index >= 15 is 0 Å².